The van der Waals surface area contributed by atoms with Gasteiger partial charge in [-0.3, -0.25) is 4.79 Å². The molecule has 114 valence electrons. The number of hydrogen-bond acceptors (Lipinski definition) is 4. The third-order valence-electron chi connectivity index (χ3n) is 4.50. The Balaban J connectivity index is 1.70. The van der Waals surface area contributed by atoms with Crippen LogP contribution in [-0.2, 0) is 9.53 Å². The molecule has 0 aromatic heterocycles. The monoisotopic (exact) mass is 289 g/mol. The molecule has 2 fully saturated rings. The molecule has 1 aromatic rings. The van der Waals surface area contributed by atoms with Crippen molar-refractivity contribution in [3.63, 3.8) is 0 Å². The number of rotatable bonds is 3. The van der Waals surface area contributed by atoms with Gasteiger partial charge in [0.05, 0.1) is 13.2 Å². The van der Waals surface area contributed by atoms with Crippen LogP contribution in [0, 0.1) is 5.92 Å². The number of hydrogen-bond donors (Lipinski definition) is 2. The standard InChI is InChI=1S/C16H23N3O2/c17-8-13-9-19(16(20)15-11-21-7-6-18-15)10-14(13)12-4-2-1-3-5-12/h1-5,13-15,18H,6-11,17H2/t13-,14+,15?/m1/s1. The average Bonchev–Trinajstić information content (AvgIpc) is 3.00. The number of amides is 1. The molecular formula is C16H23N3O2. The van der Waals surface area contributed by atoms with Gasteiger partial charge in [0.1, 0.15) is 6.04 Å². The summed E-state index contributed by atoms with van der Waals surface area (Å²) in [6, 6.07) is 10.2. The Kier molecular flexibility index (Phi) is 4.53. The third kappa shape index (κ3) is 3.10. The fourth-order valence-electron chi connectivity index (χ4n) is 3.31. The molecule has 0 aliphatic carbocycles. The zero-order valence-electron chi connectivity index (χ0n) is 12.2. The van der Waals surface area contributed by atoms with Crippen molar-refractivity contribution in [1.29, 1.82) is 0 Å². The maximum Gasteiger partial charge on any atom is 0.242 e. The molecule has 0 bridgehead atoms. The number of carbonyl (C=O) groups excluding carboxylic acids is 1. The predicted molar refractivity (Wildman–Crippen MR) is 80.9 cm³/mol. The van der Waals surface area contributed by atoms with Crippen LogP contribution in [0.15, 0.2) is 30.3 Å². The van der Waals surface area contributed by atoms with Gasteiger partial charge in [0, 0.05) is 25.6 Å². The second-order valence-electron chi connectivity index (χ2n) is 5.84. The zero-order valence-corrected chi connectivity index (χ0v) is 12.2. The van der Waals surface area contributed by atoms with E-state index >= 15 is 0 Å². The summed E-state index contributed by atoms with van der Waals surface area (Å²) in [5.74, 6) is 0.817. The lowest BCUT2D eigenvalue weighted by molar-refractivity contribution is -0.135. The summed E-state index contributed by atoms with van der Waals surface area (Å²) in [6.45, 7) is 4.00. The summed E-state index contributed by atoms with van der Waals surface area (Å²) in [7, 11) is 0. The molecule has 1 aromatic carbocycles. The highest BCUT2D eigenvalue weighted by molar-refractivity contribution is 5.82. The fraction of sp³-hybridized carbons (Fsp3) is 0.562. The quantitative estimate of drug-likeness (QED) is 0.833. The lowest BCUT2D eigenvalue weighted by atomic mass is 9.89. The highest BCUT2D eigenvalue weighted by Crippen LogP contribution is 2.32. The van der Waals surface area contributed by atoms with E-state index in [0.717, 1.165) is 19.6 Å². The summed E-state index contributed by atoms with van der Waals surface area (Å²) in [5, 5.41) is 3.24. The summed E-state index contributed by atoms with van der Waals surface area (Å²) >= 11 is 0. The molecule has 1 unspecified atom stereocenters. The molecule has 2 aliphatic rings. The average molecular weight is 289 g/mol. The lowest BCUT2D eigenvalue weighted by Gasteiger charge is -2.27. The molecule has 2 saturated heterocycles. The molecule has 1 amide bonds. The lowest BCUT2D eigenvalue weighted by Crippen LogP contribution is -2.52. The van der Waals surface area contributed by atoms with Crippen molar-refractivity contribution in [3.8, 4) is 0 Å². The van der Waals surface area contributed by atoms with E-state index in [1.165, 1.54) is 5.56 Å². The van der Waals surface area contributed by atoms with Gasteiger partial charge in [0.15, 0.2) is 0 Å². The Morgan fingerprint density at radius 3 is 2.81 bits per heavy atom. The normalized spacial score (nSPS) is 29.6. The van der Waals surface area contributed by atoms with Crippen molar-refractivity contribution in [1.82, 2.24) is 10.2 Å². The van der Waals surface area contributed by atoms with Crippen molar-refractivity contribution in [2.75, 3.05) is 39.4 Å². The summed E-state index contributed by atoms with van der Waals surface area (Å²) in [4.78, 5) is 14.5. The first-order chi connectivity index (χ1) is 10.3. The Bertz CT molecular complexity index is 474. The highest BCUT2D eigenvalue weighted by atomic mass is 16.5. The van der Waals surface area contributed by atoms with Crippen molar-refractivity contribution in [2.45, 2.75) is 12.0 Å². The Hall–Kier alpha value is -1.43. The first kappa shape index (κ1) is 14.5. The fourth-order valence-corrected chi connectivity index (χ4v) is 3.31. The molecule has 0 radical (unpaired) electrons. The number of carbonyl (C=O) groups is 1. The van der Waals surface area contributed by atoms with E-state index in [9.17, 15) is 4.79 Å². The van der Waals surface area contributed by atoms with Gasteiger partial charge in [-0.2, -0.15) is 0 Å². The second-order valence-corrected chi connectivity index (χ2v) is 5.84. The van der Waals surface area contributed by atoms with Gasteiger partial charge in [-0.15, -0.1) is 0 Å². The minimum Gasteiger partial charge on any atom is -0.378 e. The van der Waals surface area contributed by atoms with E-state index in [2.05, 4.69) is 17.4 Å². The Labute approximate surface area is 125 Å². The molecular weight excluding hydrogens is 266 g/mol. The van der Waals surface area contributed by atoms with E-state index in [-0.39, 0.29) is 11.9 Å². The van der Waals surface area contributed by atoms with Crippen LogP contribution in [-0.4, -0.2) is 56.2 Å². The SMILES string of the molecule is NC[C@@H]1CN(C(=O)C2COCCN2)C[C@H]1c1ccccc1. The molecule has 3 atom stereocenters. The minimum atomic E-state index is -0.202. The van der Waals surface area contributed by atoms with Crippen molar-refractivity contribution < 1.29 is 9.53 Å². The van der Waals surface area contributed by atoms with Crippen LogP contribution >= 0.6 is 0 Å². The van der Waals surface area contributed by atoms with Gasteiger partial charge in [0.2, 0.25) is 5.91 Å². The summed E-state index contributed by atoms with van der Waals surface area (Å²) in [5.41, 5.74) is 7.20. The first-order valence-electron chi connectivity index (χ1n) is 7.64. The summed E-state index contributed by atoms with van der Waals surface area (Å²) in [6.07, 6.45) is 0. The molecule has 3 N–H and O–H groups in total. The second kappa shape index (κ2) is 6.56. The van der Waals surface area contributed by atoms with E-state index in [0.29, 0.717) is 31.6 Å². The number of nitrogens with two attached hydrogens (primary N) is 1. The van der Waals surface area contributed by atoms with Gasteiger partial charge in [0.25, 0.3) is 0 Å². The van der Waals surface area contributed by atoms with Crippen molar-refractivity contribution in [3.05, 3.63) is 35.9 Å². The van der Waals surface area contributed by atoms with Crippen LogP contribution in [0.3, 0.4) is 0 Å². The molecule has 5 heteroatoms. The number of nitrogens with one attached hydrogen (secondary N) is 1. The smallest absolute Gasteiger partial charge is 0.242 e. The topological polar surface area (TPSA) is 67.6 Å². The number of benzene rings is 1. The van der Waals surface area contributed by atoms with Crippen LogP contribution in [0.4, 0.5) is 0 Å². The molecule has 2 aliphatic heterocycles. The number of nitrogens with zero attached hydrogens (tertiary/aromatic N) is 1. The first-order valence-corrected chi connectivity index (χ1v) is 7.64. The van der Waals surface area contributed by atoms with Crippen LogP contribution in [0.2, 0.25) is 0 Å². The number of morpholine rings is 1. The molecule has 2 heterocycles. The molecule has 21 heavy (non-hydrogen) atoms. The molecule has 0 spiro atoms. The van der Waals surface area contributed by atoms with Gasteiger partial charge < -0.3 is 20.7 Å². The van der Waals surface area contributed by atoms with Crippen LogP contribution in [0.25, 0.3) is 0 Å². The Morgan fingerprint density at radius 2 is 2.14 bits per heavy atom. The van der Waals surface area contributed by atoms with E-state index < -0.39 is 0 Å². The zero-order chi connectivity index (χ0) is 14.7. The summed E-state index contributed by atoms with van der Waals surface area (Å²) < 4.78 is 5.39. The van der Waals surface area contributed by atoms with Crippen LogP contribution in [0.1, 0.15) is 11.5 Å². The van der Waals surface area contributed by atoms with Gasteiger partial charge in [-0.25, -0.2) is 0 Å². The predicted octanol–water partition coefficient (Wildman–Crippen LogP) is 0.176. The molecule has 0 saturated carbocycles. The maximum atomic E-state index is 12.6. The van der Waals surface area contributed by atoms with Crippen LogP contribution in [0.5, 0.6) is 0 Å². The van der Waals surface area contributed by atoms with Crippen LogP contribution < -0.4 is 11.1 Å². The van der Waals surface area contributed by atoms with Crippen molar-refractivity contribution >= 4 is 5.91 Å². The van der Waals surface area contributed by atoms with Gasteiger partial charge in [-0.05, 0) is 18.0 Å². The molecule has 3 rings (SSSR count). The van der Waals surface area contributed by atoms with E-state index in [1.807, 2.05) is 23.1 Å². The third-order valence-corrected chi connectivity index (χ3v) is 4.50. The van der Waals surface area contributed by atoms with E-state index in [4.69, 9.17) is 10.5 Å². The van der Waals surface area contributed by atoms with Gasteiger partial charge in [-0.1, -0.05) is 30.3 Å². The Morgan fingerprint density at radius 1 is 1.33 bits per heavy atom. The largest absolute Gasteiger partial charge is 0.378 e. The van der Waals surface area contributed by atoms with Gasteiger partial charge >= 0.3 is 0 Å². The van der Waals surface area contributed by atoms with Crippen molar-refractivity contribution in [2.24, 2.45) is 11.7 Å². The highest BCUT2D eigenvalue weighted by Gasteiger charge is 2.37. The number of ether oxygens (including phenoxy) is 1. The van der Waals surface area contributed by atoms with E-state index in [1.54, 1.807) is 0 Å². The maximum absolute atomic E-state index is 12.6. The number of likely N-dealkylation sites (tertiary alicyclic amines) is 1. The minimum absolute atomic E-state index is 0.145. The molecule has 5 nitrogen and oxygen atoms in total.